The molecule has 7 nitrogen and oxygen atoms in total. The molecule has 3 aromatic carbocycles. The highest BCUT2D eigenvalue weighted by molar-refractivity contribution is 7.92. The first-order valence-corrected chi connectivity index (χ1v) is 12.9. The van der Waals surface area contributed by atoms with Gasteiger partial charge >= 0.3 is 0 Å². The summed E-state index contributed by atoms with van der Waals surface area (Å²) < 4.78 is 27.6. The molecule has 8 heteroatoms. The van der Waals surface area contributed by atoms with Gasteiger partial charge in [0, 0.05) is 24.9 Å². The van der Waals surface area contributed by atoms with Crippen LogP contribution in [0, 0.1) is 0 Å². The monoisotopic (exact) mass is 489 g/mol. The first-order valence-electron chi connectivity index (χ1n) is 11.4. The Morgan fingerprint density at radius 1 is 0.943 bits per heavy atom. The van der Waals surface area contributed by atoms with Gasteiger partial charge in [-0.3, -0.25) is 9.59 Å². The minimum absolute atomic E-state index is 0.00558. The van der Waals surface area contributed by atoms with Crippen molar-refractivity contribution in [1.29, 1.82) is 0 Å². The second-order valence-electron chi connectivity index (χ2n) is 8.23. The maximum absolute atomic E-state index is 13.2. The number of hydrogen-bond acceptors (Lipinski definition) is 4. The SMILES string of the molecule is O=C(CN(Cc1ccccc1)S(=O)(=O)C=Cc1ccccc1)Nc1ccccc1N1CCCC1=O. The van der Waals surface area contributed by atoms with Crippen LogP contribution in [0.15, 0.2) is 90.3 Å². The van der Waals surface area contributed by atoms with E-state index in [4.69, 9.17) is 0 Å². The number of amides is 2. The number of rotatable bonds is 9. The summed E-state index contributed by atoms with van der Waals surface area (Å²) in [5.41, 5.74) is 2.60. The van der Waals surface area contributed by atoms with E-state index in [1.54, 1.807) is 41.3 Å². The van der Waals surface area contributed by atoms with Crippen LogP contribution in [0.5, 0.6) is 0 Å². The van der Waals surface area contributed by atoms with Crippen molar-refractivity contribution in [2.75, 3.05) is 23.3 Å². The Morgan fingerprint density at radius 3 is 2.29 bits per heavy atom. The Labute approximate surface area is 205 Å². The fraction of sp³-hybridized carbons (Fsp3) is 0.185. The Morgan fingerprint density at radius 2 is 1.60 bits per heavy atom. The molecule has 0 atom stereocenters. The molecule has 4 rings (SSSR count). The highest BCUT2D eigenvalue weighted by Gasteiger charge is 2.26. The van der Waals surface area contributed by atoms with Crippen LogP contribution >= 0.6 is 0 Å². The first kappa shape index (κ1) is 24.4. The lowest BCUT2D eigenvalue weighted by atomic mass is 10.2. The van der Waals surface area contributed by atoms with Gasteiger partial charge < -0.3 is 10.2 Å². The van der Waals surface area contributed by atoms with Crippen LogP contribution in [0.2, 0.25) is 0 Å². The molecule has 0 bridgehead atoms. The molecule has 0 spiro atoms. The standard InChI is InChI=1S/C27H27N3O4S/c31-26(28-24-14-7-8-15-25(24)30-18-9-16-27(30)32)21-29(20-23-12-5-2-6-13-23)35(33,34)19-17-22-10-3-1-4-11-22/h1-8,10-15,17,19H,9,16,18,20-21H2,(H,28,31). The minimum Gasteiger partial charge on any atom is -0.323 e. The number of sulfonamides is 1. The van der Waals surface area contributed by atoms with Gasteiger partial charge in [0.05, 0.1) is 17.9 Å². The van der Waals surface area contributed by atoms with Crippen LogP contribution in [0.1, 0.15) is 24.0 Å². The van der Waals surface area contributed by atoms with Crippen molar-refractivity contribution in [2.45, 2.75) is 19.4 Å². The molecule has 3 aromatic rings. The molecule has 2 amide bonds. The summed E-state index contributed by atoms with van der Waals surface area (Å²) in [4.78, 5) is 26.9. The zero-order valence-electron chi connectivity index (χ0n) is 19.2. The van der Waals surface area contributed by atoms with Gasteiger partial charge in [0.25, 0.3) is 0 Å². The fourth-order valence-electron chi connectivity index (χ4n) is 3.91. The summed E-state index contributed by atoms with van der Waals surface area (Å²) in [6.07, 6.45) is 2.75. The van der Waals surface area contributed by atoms with Crippen molar-refractivity contribution < 1.29 is 18.0 Å². The lowest BCUT2D eigenvalue weighted by Crippen LogP contribution is -2.37. The molecule has 1 aliphatic rings. The van der Waals surface area contributed by atoms with Gasteiger partial charge in [-0.1, -0.05) is 72.8 Å². The highest BCUT2D eigenvalue weighted by atomic mass is 32.2. The summed E-state index contributed by atoms with van der Waals surface area (Å²) in [6.45, 7) is 0.255. The maximum Gasteiger partial charge on any atom is 0.239 e. The molecule has 0 aromatic heterocycles. The number of benzene rings is 3. The third-order valence-electron chi connectivity index (χ3n) is 5.66. The van der Waals surface area contributed by atoms with Crippen LogP contribution in [0.4, 0.5) is 11.4 Å². The predicted molar refractivity (Wildman–Crippen MR) is 138 cm³/mol. The zero-order valence-corrected chi connectivity index (χ0v) is 20.0. The van der Waals surface area contributed by atoms with Crippen molar-refractivity contribution in [3.8, 4) is 0 Å². The van der Waals surface area contributed by atoms with Crippen LogP contribution in [0.3, 0.4) is 0 Å². The molecule has 0 saturated carbocycles. The smallest absolute Gasteiger partial charge is 0.239 e. The van der Waals surface area contributed by atoms with E-state index in [1.165, 1.54) is 6.08 Å². The Bertz CT molecular complexity index is 1310. The third-order valence-corrected chi connectivity index (χ3v) is 7.11. The Hall–Kier alpha value is -3.75. The molecule has 0 radical (unpaired) electrons. The fourth-order valence-corrected chi connectivity index (χ4v) is 5.03. The van der Waals surface area contributed by atoms with Crippen molar-refractivity contribution in [3.05, 3.63) is 101 Å². The van der Waals surface area contributed by atoms with Gasteiger partial charge in [-0.25, -0.2) is 8.42 Å². The van der Waals surface area contributed by atoms with Crippen LogP contribution < -0.4 is 10.2 Å². The number of carbonyl (C=O) groups is 2. The van der Waals surface area contributed by atoms with Gasteiger partial charge in [-0.15, -0.1) is 0 Å². The highest BCUT2D eigenvalue weighted by Crippen LogP contribution is 2.29. The first-order chi connectivity index (χ1) is 16.9. The largest absolute Gasteiger partial charge is 0.323 e. The van der Waals surface area contributed by atoms with Gasteiger partial charge in [0.1, 0.15) is 0 Å². The molecule has 1 heterocycles. The van der Waals surface area contributed by atoms with E-state index < -0.39 is 15.9 Å². The zero-order chi connectivity index (χ0) is 24.7. The van der Waals surface area contributed by atoms with Crippen LogP contribution in [-0.2, 0) is 26.2 Å². The molecule has 1 N–H and O–H groups in total. The summed E-state index contributed by atoms with van der Waals surface area (Å²) in [5, 5.41) is 3.93. The van der Waals surface area contributed by atoms with Gasteiger partial charge in [-0.2, -0.15) is 4.31 Å². The number of nitrogens with zero attached hydrogens (tertiary/aromatic N) is 2. The summed E-state index contributed by atoms with van der Waals surface area (Å²) in [7, 11) is -3.91. The van der Waals surface area contributed by atoms with E-state index in [2.05, 4.69) is 5.32 Å². The van der Waals surface area contributed by atoms with Crippen LogP contribution in [-0.4, -0.2) is 37.6 Å². The quantitative estimate of drug-likeness (QED) is 0.487. The van der Waals surface area contributed by atoms with E-state index >= 15 is 0 Å². The second-order valence-corrected chi connectivity index (χ2v) is 10.0. The molecule has 180 valence electrons. The molecular weight excluding hydrogens is 462 g/mol. The lowest BCUT2D eigenvalue weighted by Gasteiger charge is -2.22. The minimum atomic E-state index is -3.91. The van der Waals surface area contributed by atoms with Crippen molar-refractivity contribution >= 4 is 39.3 Å². The van der Waals surface area contributed by atoms with Gasteiger partial charge in [0.15, 0.2) is 0 Å². The number of hydrogen-bond donors (Lipinski definition) is 1. The topological polar surface area (TPSA) is 86.8 Å². The normalized spacial score (nSPS) is 14.1. The lowest BCUT2D eigenvalue weighted by molar-refractivity contribution is -0.117. The van der Waals surface area contributed by atoms with Crippen LogP contribution in [0.25, 0.3) is 6.08 Å². The molecule has 1 aliphatic heterocycles. The van der Waals surface area contributed by atoms with E-state index in [0.29, 0.717) is 24.3 Å². The van der Waals surface area contributed by atoms with Gasteiger partial charge in [0.2, 0.25) is 21.8 Å². The predicted octanol–water partition coefficient (Wildman–Crippen LogP) is 4.25. The molecular formula is C27H27N3O4S. The molecule has 1 saturated heterocycles. The summed E-state index contributed by atoms with van der Waals surface area (Å²) in [5.74, 6) is -0.484. The molecule has 35 heavy (non-hydrogen) atoms. The number of carbonyl (C=O) groups excluding carboxylic acids is 2. The Balaban J connectivity index is 1.55. The average molecular weight is 490 g/mol. The number of nitrogens with one attached hydrogen (secondary N) is 1. The summed E-state index contributed by atoms with van der Waals surface area (Å²) >= 11 is 0. The average Bonchev–Trinajstić information content (AvgIpc) is 3.29. The van der Waals surface area contributed by atoms with Crippen molar-refractivity contribution in [1.82, 2.24) is 4.31 Å². The molecule has 0 unspecified atom stereocenters. The second kappa shape index (κ2) is 11.1. The number of anilines is 2. The molecule has 0 aliphatic carbocycles. The number of para-hydroxylation sites is 2. The summed E-state index contributed by atoms with van der Waals surface area (Å²) in [6, 6.07) is 25.3. The van der Waals surface area contributed by atoms with Gasteiger partial charge in [-0.05, 0) is 35.8 Å². The van der Waals surface area contributed by atoms with Crippen molar-refractivity contribution in [2.24, 2.45) is 0 Å². The molecule has 1 fully saturated rings. The van der Waals surface area contributed by atoms with E-state index in [9.17, 15) is 18.0 Å². The van der Waals surface area contributed by atoms with E-state index in [1.807, 2.05) is 48.5 Å². The van der Waals surface area contributed by atoms with E-state index in [-0.39, 0.29) is 19.0 Å². The van der Waals surface area contributed by atoms with E-state index in [0.717, 1.165) is 27.3 Å². The third kappa shape index (κ3) is 6.44. The maximum atomic E-state index is 13.2. The van der Waals surface area contributed by atoms with Crippen molar-refractivity contribution in [3.63, 3.8) is 0 Å². The Kier molecular flexibility index (Phi) is 7.74.